The van der Waals surface area contributed by atoms with Gasteiger partial charge in [-0.1, -0.05) is 20.8 Å². The van der Waals surface area contributed by atoms with E-state index in [1.54, 1.807) is 20.8 Å². The first-order valence-electron chi connectivity index (χ1n) is 4.18. The van der Waals surface area contributed by atoms with Gasteiger partial charge >= 0.3 is 11.9 Å². The number of halogens is 1. The van der Waals surface area contributed by atoms with Crippen LogP contribution < -0.4 is 0 Å². The monoisotopic (exact) mass is 222 g/mol. The number of hydrogen-bond acceptors (Lipinski definition) is 2. The summed E-state index contributed by atoms with van der Waals surface area (Å²) in [6.07, 6.45) is -0.463. The number of aliphatic carboxylic acids is 2. The zero-order chi connectivity index (χ0) is 11.6. The minimum absolute atomic E-state index is 0.210. The van der Waals surface area contributed by atoms with Crippen LogP contribution in [0.4, 0.5) is 0 Å². The van der Waals surface area contributed by atoms with E-state index in [1.165, 1.54) is 0 Å². The van der Waals surface area contributed by atoms with Gasteiger partial charge in [-0.3, -0.25) is 9.59 Å². The number of rotatable bonds is 4. The van der Waals surface area contributed by atoms with Crippen LogP contribution in [-0.4, -0.2) is 28.0 Å². The van der Waals surface area contributed by atoms with Crippen molar-refractivity contribution >= 4 is 23.5 Å². The maximum atomic E-state index is 11.1. The molecule has 0 radical (unpaired) electrons. The summed E-state index contributed by atoms with van der Waals surface area (Å²) in [6, 6.07) is 0. The van der Waals surface area contributed by atoms with Crippen LogP contribution in [0.1, 0.15) is 27.2 Å². The second-order valence-electron chi connectivity index (χ2n) is 4.34. The summed E-state index contributed by atoms with van der Waals surface area (Å²) in [7, 11) is 0. The van der Waals surface area contributed by atoms with Gasteiger partial charge in [0.2, 0.25) is 0 Å². The van der Waals surface area contributed by atoms with Crippen LogP contribution in [0.15, 0.2) is 0 Å². The molecule has 0 aliphatic carbocycles. The fraction of sp³-hybridized carbons (Fsp3) is 0.778. The Morgan fingerprint density at radius 2 is 1.64 bits per heavy atom. The molecule has 0 heterocycles. The molecule has 0 saturated carbocycles. The molecule has 0 aliphatic rings. The normalized spacial score (nSPS) is 16.0. The first-order valence-corrected chi connectivity index (χ1v) is 4.72. The summed E-state index contributed by atoms with van der Waals surface area (Å²) < 4.78 is 0. The molecule has 0 saturated heterocycles. The highest BCUT2D eigenvalue weighted by molar-refractivity contribution is 6.20. The molecule has 1 atom stereocenters. The first-order chi connectivity index (χ1) is 6.17. The molecule has 2 N–H and O–H groups in total. The summed E-state index contributed by atoms with van der Waals surface area (Å²) >= 11 is 5.60. The largest absolute Gasteiger partial charge is 0.481 e. The molecule has 0 fully saturated rings. The van der Waals surface area contributed by atoms with Gasteiger partial charge in [-0.25, -0.2) is 0 Å². The Balaban J connectivity index is 5.20. The summed E-state index contributed by atoms with van der Waals surface area (Å²) in [5, 5.41) is 17.7. The topological polar surface area (TPSA) is 74.6 Å². The molecule has 82 valence electrons. The van der Waals surface area contributed by atoms with E-state index < -0.39 is 29.2 Å². The first kappa shape index (κ1) is 13.2. The van der Waals surface area contributed by atoms with Crippen molar-refractivity contribution in [1.29, 1.82) is 0 Å². The summed E-state index contributed by atoms with van der Waals surface area (Å²) in [5.74, 6) is -2.52. The highest BCUT2D eigenvalue weighted by Gasteiger charge is 2.49. The molecular weight excluding hydrogens is 208 g/mol. The van der Waals surface area contributed by atoms with Crippen molar-refractivity contribution in [3.63, 3.8) is 0 Å². The third-order valence-corrected chi connectivity index (χ3v) is 2.98. The van der Waals surface area contributed by atoms with E-state index in [0.29, 0.717) is 0 Å². The van der Waals surface area contributed by atoms with Crippen molar-refractivity contribution in [3.8, 4) is 0 Å². The van der Waals surface area contributed by atoms with E-state index in [9.17, 15) is 9.59 Å². The fourth-order valence-electron chi connectivity index (χ4n) is 1.22. The minimum Gasteiger partial charge on any atom is -0.481 e. The quantitative estimate of drug-likeness (QED) is 0.712. The van der Waals surface area contributed by atoms with Gasteiger partial charge in [0.15, 0.2) is 0 Å². The zero-order valence-electron chi connectivity index (χ0n) is 8.50. The van der Waals surface area contributed by atoms with Crippen molar-refractivity contribution in [2.24, 2.45) is 10.8 Å². The van der Waals surface area contributed by atoms with E-state index >= 15 is 0 Å². The summed E-state index contributed by atoms with van der Waals surface area (Å²) in [6.45, 7) is 5.02. The second-order valence-corrected chi connectivity index (χ2v) is 4.61. The molecule has 0 aromatic rings. The minimum atomic E-state index is -1.42. The average molecular weight is 223 g/mol. The SMILES string of the molecule is CC(C)(C)C(CCl)(CC(=O)O)C(=O)O. The average Bonchev–Trinajstić information content (AvgIpc) is 1.96. The van der Waals surface area contributed by atoms with Crippen LogP contribution in [0, 0.1) is 10.8 Å². The smallest absolute Gasteiger partial charge is 0.311 e. The summed E-state index contributed by atoms with van der Waals surface area (Å²) in [5.41, 5.74) is -2.11. The van der Waals surface area contributed by atoms with Crippen LogP contribution in [0.3, 0.4) is 0 Å². The van der Waals surface area contributed by atoms with E-state index in [1.807, 2.05) is 0 Å². The lowest BCUT2D eigenvalue weighted by atomic mass is 9.66. The molecule has 0 bridgehead atoms. The standard InChI is InChI=1S/C9H15ClO4/c1-8(2,3)9(5-10,7(13)14)4-6(11)12/h4-5H2,1-3H3,(H,11,12)(H,13,14). The van der Waals surface area contributed by atoms with Gasteiger partial charge in [0.05, 0.1) is 11.8 Å². The lowest BCUT2D eigenvalue weighted by molar-refractivity contribution is -0.161. The van der Waals surface area contributed by atoms with Crippen LogP contribution in [0.2, 0.25) is 0 Å². The van der Waals surface area contributed by atoms with E-state index in [0.717, 1.165) is 0 Å². The highest BCUT2D eigenvalue weighted by Crippen LogP contribution is 2.43. The molecule has 1 unspecified atom stereocenters. The van der Waals surface area contributed by atoms with Gasteiger partial charge < -0.3 is 10.2 Å². The number of carboxylic acid groups (broad SMARTS) is 2. The number of carbonyl (C=O) groups is 2. The zero-order valence-corrected chi connectivity index (χ0v) is 9.26. The van der Waals surface area contributed by atoms with Crippen LogP contribution in [0.5, 0.6) is 0 Å². The Bertz CT molecular complexity index is 244. The van der Waals surface area contributed by atoms with Gasteiger partial charge in [0.1, 0.15) is 0 Å². The maximum absolute atomic E-state index is 11.1. The predicted octanol–water partition coefficient (Wildman–Crippen LogP) is 1.82. The molecular formula is C9H15ClO4. The maximum Gasteiger partial charge on any atom is 0.311 e. The molecule has 4 nitrogen and oxygen atoms in total. The predicted molar refractivity (Wildman–Crippen MR) is 52.5 cm³/mol. The second kappa shape index (κ2) is 4.17. The van der Waals surface area contributed by atoms with Gasteiger partial charge in [0, 0.05) is 5.88 Å². The molecule has 14 heavy (non-hydrogen) atoms. The Hall–Kier alpha value is -0.770. The molecule has 5 heteroatoms. The van der Waals surface area contributed by atoms with Gasteiger partial charge in [-0.2, -0.15) is 0 Å². The van der Waals surface area contributed by atoms with Gasteiger partial charge in [-0.05, 0) is 5.41 Å². The molecule has 0 amide bonds. The Morgan fingerprint density at radius 1 is 1.21 bits per heavy atom. The van der Waals surface area contributed by atoms with Crippen LogP contribution >= 0.6 is 11.6 Å². The third kappa shape index (κ3) is 2.38. The molecule has 0 aliphatic heterocycles. The third-order valence-electron chi connectivity index (χ3n) is 2.53. The number of alkyl halides is 1. The Labute approximate surface area is 87.9 Å². The number of hydrogen-bond donors (Lipinski definition) is 2. The number of carboxylic acids is 2. The Kier molecular flexibility index (Phi) is 3.94. The van der Waals surface area contributed by atoms with Crippen molar-refractivity contribution in [1.82, 2.24) is 0 Å². The Morgan fingerprint density at radius 3 is 1.71 bits per heavy atom. The van der Waals surface area contributed by atoms with Crippen LogP contribution in [0.25, 0.3) is 0 Å². The molecule has 0 rings (SSSR count). The van der Waals surface area contributed by atoms with Crippen LogP contribution in [-0.2, 0) is 9.59 Å². The van der Waals surface area contributed by atoms with Crippen molar-refractivity contribution in [2.45, 2.75) is 27.2 Å². The lowest BCUT2D eigenvalue weighted by Crippen LogP contribution is -2.46. The fourth-order valence-corrected chi connectivity index (χ4v) is 1.83. The molecule has 0 aromatic heterocycles. The molecule has 0 aromatic carbocycles. The van der Waals surface area contributed by atoms with Gasteiger partial charge in [0.25, 0.3) is 0 Å². The van der Waals surface area contributed by atoms with Crippen molar-refractivity contribution in [2.75, 3.05) is 5.88 Å². The van der Waals surface area contributed by atoms with E-state index in [4.69, 9.17) is 21.8 Å². The van der Waals surface area contributed by atoms with Gasteiger partial charge in [-0.15, -0.1) is 11.6 Å². The van der Waals surface area contributed by atoms with Crippen molar-refractivity contribution in [3.05, 3.63) is 0 Å². The summed E-state index contributed by atoms with van der Waals surface area (Å²) in [4.78, 5) is 21.7. The lowest BCUT2D eigenvalue weighted by Gasteiger charge is -2.38. The van der Waals surface area contributed by atoms with E-state index in [-0.39, 0.29) is 5.88 Å². The highest BCUT2D eigenvalue weighted by atomic mass is 35.5. The molecule has 0 spiro atoms. The van der Waals surface area contributed by atoms with Crippen molar-refractivity contribution < 1.29 is 19.8 Å². The van der Waals surface area contributed by atoms with E-state index in [2.05, 4.69) is 0 Å².